The summed E-state index contributed by atoms with van der Waals surface area (Å²) < 4.78 is 12.1. The highest BCUT2D eigenvalue weighted by molar-refractivity contribution is 5.90. The van der Waals surface area contributed by atoms with Gasteiger partial charge >= 0.3 is 6.03 Å². The van der Waals surface area contributed by atoms with E-state index in [1.807, 2.05) is 0 Å². The van der Waals surface area contributed by atoms with Crippen LogP contribution in [-0.4, -0.2) is 76.3 Å². The van der Waals surface area contributed by atoms with Gasteiger partial charge in [0, 0.05) is 57.1 Å². The van der Waals surface area contributed by atoms with Crippen LogP contribution in [0.4, 0.5) is 16.3 Å². The Morgan fingerprint density at radius 2 is 1.72 bits per heavy atom. The summed E-state index contributed by atoms with van der Waals surface area (Å²) in [5, 5.41) is 11.1. The van der Waals surface area contributed by atoms with E-state index in [0.29, 0.717) is 54.5 Å². The molecule has 0 spiro atoms. The predicted octanol–water partition coefficient (Wildman–Crippen LogP) is 1.13. The zero-order valence-corrected chi connectivity index (χ0v) is 16.5. The minimum atomic E-state index is -0.174. The Morgan fingerprint density at radius 3 is 2.38 bits per heavy atom. The quantitative estimate of drug-likeness (QED) is 0.696. The van der Waals surface area contributed by atoms with E-state index in [-0.39, 0.29) is 6.03 Å². The number of methoxy groups -OCH3 is 2. The number of benzene rings is 1. The van der Waals surface area contributed by atoms with Crippen LogP contribution in [0.1, 0.15) is 0 Å². The van der Waals surface area contributed by atoms with E-state index in [0.717, 1.165) is 5.82 Å². The number of carbonyl (C=O) groups is 1. The lowest BCUT2D eigenvalue weighted by Gasteiger charge is -2.35. The van der Waals surface area contributed by atoms with Gasteiger partial charge in [-0.1, -0.05) is 5.21 Å². The van der Waals surface area contributed by atoms with Crippen molar-refractivity contribution in [2.24, 2.45) is 7.05 Å². The molecule has 11 heteroatoms. The second kappa shape index (κ2) is 7.78. The number of fused-ring (bicyclic) bond motifs is 1. The van der Waals surface area contributed by atoms with Crippen molar-refractivity contribution in [2.45, 2.75) is 0 Å². The third kappa shape index (κ3) is 3.71. The van der Waals surface area contributed by atoms with Crippen molar-refractivity contribution >= 4 is 28.7 Å². The number of carbonyl (C=O) groups excluding carboxylic acids is 1. The number of hydrogen-bond acceptors (Lipinski definition) is 8. The molecule has 0 atom stereocenters. The molecule has 3 aromatic rings. The molecule has 1 aliphatic rings. The van der Waals surface area contributed by atoms with Crippen molar-refractivity contribution in [2.75, 3.05) is 50.6 Å². The number of amides is 2. The summed E-state index contributed by atoms with van der Waals surface area (Å²) >= 11 is 0. The minimum absolute atomic E-state index is 0.174. The lowest BCUT2D eigenvalue weighted by atomic mass is 10.2. The molecule has 0 aliphatic carbocycles. The van der Waals surface area contributed by atoms with E-state index >= 15 is 0 Å². The summed E-state index contributed by atoms with van der Waals surface area (Å²) in [6.45, 7) is 2.38. The van der Waals surface area contributed by atoms with Gasteiger partial charge in [0.2, 0.25) is 0 Å². The summed E-state index contributed by atoms with van der Waals surface area (Å²) in [6.07, 6.45) is 1.51. The van der Waals surface area contributed by atoms with Crippen LogP contribution < -0.4 is 19.7 Å². The molecule has 4 rings (SSSR count). The van der Waals surface area contributed by atoms with Gasteiger partial charge in [-0.3, -0.25) is 0 Å². The maximum absolute atomic E-state index is 12.7. The van der Waals surface area contributed by atoms with Gasteiger partial charge in [0.15, 0.2) is 17.0 Å². The number of urea groups is 1. The lowest BCUT2D eigenvalue weighted by Crippen LogP contribution is -2.50. The Labute approximate surface area is 167 Å². The van der Waals surface area contributed by atoms with Gasteiger partial charge in [0.05, 0.1) is 14.2 Å². The van der Waals surface area contributed by atoms with Crippen molar-refractivity contribution in [3.8, 4) is 11.5 Å². The van der Waals surface area contributed by atoms with Gasteiger partial charge in [-0.15, -0.1) is 5.10 Å². The van der Waals surface area contributed by atoms with Crippen LogP contribution >= 0.6 is 0 Å². The van der Waals surface area contributed by atoms with Crippen molar-refractivity contribution in [3.05, 3.63) is 24.5 Å². The topological polar surface area (TPSA) is 111 Å². The molecule has 0 bridgehead atoms. The summed E-state index contributed by atoms with van der Waals surface area (Å²) in [5.41, 5.74) is 1.96. The molecule has 3 heterocycles. The Morgan fingerprint density at radius 1 is 1.03 bits per heavy atom. The third-order valence-corrected chi connectivity index (χ3v) is 4.84. The highest BCUT2D eigenvalue weighted by Crippen LogP contribution is 2.26. The van der Waals surface area contributed by atoms with Crippen molar-refractivity contribution in [1.82, 2.24) is 29.9 Å². The van der Waals surface area contributed by atoms with Gasteiger partial charge in [0.25, 0.3) is 0 Å². The molecule has 152 valence electrons. The Kier molecular flexibility index (Phi) is 5.02. The Balaban J connectivity index is 1.42. The highest BCUT2D eigenvalue weighted by Gasteiger charge is 2.24. The first-order valence-corrected chi connectivity index (χ1v) is 9.13. The maximum Gasteiger partial charge on any atom is 0.321 e. The predicted molar refractivity (Wildman–Crippen MR) is 106 cm³/mol. The number of ether oxygens (including phenoxy) is 2. The van der Waals surface area contributed by atoms with Crippen LogP contribution in [-0.2, 0) is 7.05 Å². The summed E-state index contributed by atoms with van der Waals surface area (Å²) in [5.74, 6) is 1.96. The Hall–Kier alpha value is -3.63. The number of aryl methyl sites for hydroxylation is 1. The molecule has 0 unspecified atom stereocenters. The molecule has 1 N–H and O–H groups in total. The zero-order chi connectivity index (χ0) is 20.4. The maximum atomic E-state index is 12.7. The van der Waals surface area contributed by atoms with Crippen LogP contribution in [0.3, 0.4) is 0 Å². The largest absolute Gasteiger partial charge is 0.497 e. The van der Waals surface area contributed by atoms with E-state index in [1.165, 1.54) is 6.33 Å². The fraction of sp³-hybridized carbons (Fsp3) is 0.389. The SMILES string of the molecule is COc1cc(NC(=O)N2CCN(c3ncnc4c3nnn4C)CC2)cc(OC)c1. The van der Waals surface area contributed by atoms with Crippen molar-refractivity contribution in [1.29, 1.82) is 0 Å². The normalized spacial score (nSPS) is 14.2. The molecule has 2 aromatic heterocycles. The second-order valence-electron chi connectivity index (χ2n) is 6.59. The van der Waals surface area contributed by atoms with Crippen molar-refractivity contribution in [3.63, 3.8) is 0 Å². The lowest BCUT2D eigenvalue weighted by molar-refractivity contribution is 0.208. The van der Waals surface area contributed by atoms with Crippen LogP contribution in [0.25, 0.3) is 11.2 Å². The smallest absolute Gasteiger partial charge is 0.321 e. The average molecular weight is 398 g/mol. The monoisotopic (exact) mass is 398 g/mol. The van der Waals surface area contributed by atoms with Gasteiger partial charge in [-0.2, -0.15) is 0 Å². The van der Waals surface area contributed by atoms with E-state index in [4.69, 9.17) is 9.47 Å². The summed E-state index contributed by atoms with van der Waals surface area (Å²) in [6, 6.07) is 5.08. The van der Waals surface area contributed by atoms with Gasteiger partial charge < -0.3 is 24.6 Å². The van der Waals surface area contributed by atoms with Gasteiger partial charge in [-0.05, 0) is 0 Å². The first kappa shape index (κ1) is 18.7. The van der Waals surface area contributed by atoms with Gasteiger partial charge in [0.1, 0.15) is 17.8 Å². The number of piperazine rings is 1. The van der Waals surface area contributed by atoms with Crippen LogP contribution in [0.2, 0.25) is 0 Å². The van der Waals surface area contributed by atoms with E-state index < -0.39 is 0 Å². The van der Waals surface area contributed by atoms with Crippen LogP contribution in [0.15, 0.2) is 24.5 Å². The molecule has 11 nitrogen and oxygen atoms in total. The minimum Gasteiger partial charge on any atom is -0.497 e. The fourth-order valence-corrected chi connectivity index (χ4v) is 3.28. The summed E-state index contributed by atoms with van der Waals surface area (Å²) in [7, 11) is 4.93. The third-order valence-electron chi connectivity index (χ3n) is 4.84. The average Bonchev–Trinajstić information content (AvgIpc) is 3.14. The molecule has 1 aromatic carbocycles. The highest BCUT2D eigenvalue weighted by atomic mass is 16.5. The number of rotatable bonds is 4. The number of aromatic nitrogens is 5. The number of hydrogen-bond donors (Lipinski definition) is 1. The molecular weight excluding hydrogens is 376 g/mol. The van der Waals surface area contributed by atoms with Gasteiger partial charge in [-0.25, -0.2) is 19.4 Å². The zero-order valence-electron chi connectivity index (χ0n) is 16.5. The summed E-state index contributed by atoms with van der Waals surface area (Å²) in [4.78, 5) is 25.1. The number of nitrogens with zero attached hydrogens (tertiary/aromatic N) is 7. The number of anilines is 2. The molecule has 1 saturated heterocycles. The molecular formula is C18H22N8O3. The molecule has 0 radical (unpaired) electrons. The molecule has 1 aliphatic heterocycles. The van der Waals surface area contributed by atoms with E-state index in [2.05, 4.69) is 30.5 Å². The molecule has 2 amide bonds. The molecule has 0 saturated carbocycles. The standard InChI is InChI=1S/C18H22N8O3/c1-24-16-15(22-23-24)17(20-11-19-16)25-4-6-26(7-5-25)18(27)21-12-8-13(28-2)10-14(9-12)29-3/h8-11H,4-7H2,1-3H3,(H,21,27). The Bertz CT molecular complexity index is 1010. The van der Waals surface area contributed by atoms with Crippen molar-refractivity contribution < 1.29 is 14.3 Å². The van der Waals surface area contributed by atoms with E-state index in [1.54, 1.807) is 49.0 Å². The van der Waals surface area contributed by atoms with Crippen LogP contribution in [0.5, 0.6) is 11.5 Å². The van der Waals surface area contributed by atoms with Crippen LogP contribution in [0, 0.1) is 0 Å². The first-order valence-electron chi connectivity index (χ1n) is 9.13. The van der Waals surface area contributed by atoms with E-state index in [9.17, 15) is 4.79 Å². The second-order valence-corrected chi connectivity index (χ2v) is 6.59. The number of nitrogens with one attached hydrogen (secondary N) is 1. The molecule has 1 fully saturated rings. The molecule has 29 heavy (non-hydrogen) atoms. The fourth-order valence-electron chi connectivity index (χ4n) is 3.28. The first-order chi connectivity index (χ1) is 14.1.